The van der Waals surface area contributed by atoms with Crippen LogP contribution in [0.4, 0.5) is 0 Å². The number of aryl methyl sites for hydroxylation is 1. The molecular weight excluding hydrogens is 324 g/mol. The van der Waals surface area contributed by atoms with Gasteiger partial charge in [0.2, 0.25) is 0 Å². The molecule has 0 unspecified atom stereocenters. The normalized spacial score (nSPS) is 11.7. The van der Waals surface area contributed by atoms with Crippen LogP contribution in [0.25, 0.3) is 0 Å². The first-order valence-corrected chi connectivity index (χ1v) is 8.92. The number of furan rings is 1. The van der Waals surface area contributed by atoms with Gasteiger partial charge in [-0.3, -0.25) is 4.99 Å². The van der Waals surface area contributed by atoms with E-state index in [2.05, 4.69) is 27.1 Å². The molecule has 0 atom stereocenters. The quantitative estimate of drug-likeness (QED) is 0.427. The Morgan fingerprint density at radius 3 is 3.00 bits per heavy atom. The number of methoxy groups -OCH3 is 1. The Labute approximate surface area is 147 Å². The highest BCUT2D eigenvalue weighted by Crippen LogP contribution is 2.11. The highest BCUT2D eigenvalue weighted by Gasteiger charge is 2.08. The third kappa shape index (κ3) is 6.33. The van der Waals surface area contributed by atoms with Crippen LogP contribution in [-0.4, -0.2) is 56.2 Å². The number of hydrogen-bond donors (Lipinski definition) is 1. The van der Waals surface area contributed by atoms with Crippen molar-refractivity contribution in [2.75, 3.05) is 40.4 Å². The fourth-order valence-electron chi connectivity index (χ4n) is 2.19. The van der Waals surface area contributed by atoms with Gasteiger partial charge in [-0.1, -0.05) is 0 Å². The first-order valence-electron chi connectivity index (χ1n) is 8.11. The largest absolute Gasteiger partial charge is 0.469 e. The van der Waals surface area contributed by atoms with Crippen molar-refractivity contribution in [2.45, 2.75) is 19.8 Å². The fourth-order valence-corrected chi connectivity index (χ4v) is 2.97. The second-order valence-electron chi connectivity index (χ2n) is 5.49. The molecule has 0 aliphatic rings. The van der Waals surface area contributed by atoms with E-state index in [1.54, 1.807) is 24.7 Å². The van der Waals surface area contributed by atoms with Gasteiger partial charge in [0, 0.05) is 51.2 Å². The fraction of sp³-hybridized carbons (Fsp3) is 0.529. The number of thiazole rings is 1. The molecular formula is C17H26N4O2S. The third-order valence-electron chi connectivity index (χ3n) is 3.48. The number of likely N-dealkylation sites (N-methyl/N-ethyl adjacent to an activating group) is 1. The number of aromatic nitrogens is 1. The molecule has 0 saturated heterocycles. The van der Waals surface area contributed by atoms with Gasteiger partial charge >= 0.3 is 0 Å². The highest BCUT2D eigenvalue weighted by molar-refractivity contribution is 7.11. The van der Waals surface area contributed by atoms with Crippen LogP contribution >= 0.6 is 11.3 Å². The molecule has 0 fully saturated rings. The zero-order valence-electron chi connectivity index (χ0n) is 14.6. The maximum atomic E-state index is 5.36. The van der Waals surface area contributed by atoms with Gasteiger partial charge in [-0.15, -0.1) is 11.3 Å². The van der Waals surface area contributed by atoms with Crippen LogP contribution in [0.3, 0.4) is 0 Å². The van der Waals surface area contributed by atoms with Gasteiger partial charge < -0.3 is 19.4 Å². The summed E-state index contributed by atoms with van der Waals surface area (Å²) in [6.07, 6.45) is 5.37. The van der Waals surface area contributed by atoms with Crippen LogP contribution in [0.2, 0.25) is 0 Å². The molecule has 1 N–H and O–H groups in total. The lowest BCUT2D eigenvalue weighted by Gasteiger charge is -2.22. The van der Waals surface area contributed by atoms with Crippen LogP contribution < -0.4 is 5.32 Å². The van der Waals surface area contributed by atoms with Crippen LogP contribution in [0.15, 0.2) is 34.0 Å². The second kappa shape index (κ2) is 10.1. The van der Waals surface area contributed by atoms with E-state index in [0.717, 1.165) is 42.7 Å². The highest BCUT2D eigenvalue weighted by atomic mass is 32.1. The van der Waals surface area contributed by atoms with Gasteiger partial charge in [0.15, 0.2) is 5.96 Å². The van der Waals surface area contributed by atoms with E-state index in [-0.39, 0.29) is 0 Å². The Morgan fingerprint density at radius 2 is 2.33 bits per heavy atom. The molecule has 2 aromatic heterocycles. The summed E-state index contributed by atoms with van der Waals surface area (Å²) >= 11 is 1.75. The maximum Gasteiger partial charge on any atom is 0.193 e. The van der Waals surface area contributed by atoms with Crippen molar-refractivity contribution in [3.63, 3.8) is 0 Å². The van der Waals surface area contributed by atoms with E-state index in [1.165, 1.54) is 4.88 Å². The van der Waals surface area contributed by atoms with Crippen molar-refractivity contribution in [3.8, 4) is 0 Å². The second-order valence-corrected chi connectivity index (χ2v) is 6.81. The van der Waals surface area contributed by atoms with Crippen LogP contribution in [0, 0.1) is 6.92 Å². The zero-order valence-corrected chi connectivity index (χ0v) is 15.4. The molecule has 132 valence electrons. The lowest BCUT2D eigenvalue weighted by molar-refractivity contribution is 0.207. The van der Waals surface area contributed by atoms with Gasteiger partial charge in [-0.05, 0) is 19.1 Å². The lowest BCUT2D eigenvalue weighted by Crippen LogP contribution is -2.41. The molecule has 24 heavy (non-hydrogen) atoms. The summed E-state index contributed by atoms with van der Waals surface area (Å²) in [5.41, 5.74) is 0. The smallest absolute Gasteiger partial charge is 0.193 e. The SMILES string of the molecule is COCCN=C(NCCc1ccco1)N(C)CCc1ncc(C)s1. The Hall–Kier alpha value is -1.86. The van der Waals surface area contributed by atoms with Crippen molar-refractivity contribution >= 4 is 17.3 Å². The summed E-state index contributed by atoms with van der Waals surface area (Å²) in [7, 11) is 3.74. The topological polar surface area (TPSA) is 62.9 Å². The van der Waals surface area contributed by atoms with Gasteiger partial charge in [0.05, 0.1) is 24.4 Å². The molecule has 2 rings (SSSR count). The maximum absolute atomic E-state index is 5.36. The molecule has 2 heterocycles. The summed E-state index contributed by atoms with van der Waals surface area (Å²) in [6, 6.07) is 3.89. The minimum atomic E-state index is 0.614. The van der Waals surface area contributed by atoms with E-state index in [1.807, 2.05) is 25.4 Å². The van der Waals surface area contributed by atoms with Crippen molar-refractivity contribution in [2.24, 2.45) is 4.99 Å². The Kier molecular flexibility index (Phi) is 7.77. The molecule has 7 heteroatoms. The molecule has 6 nitrogen and oxygen atoms in total. The van der Waals surface area contributed by atoms with E-state index in [0.29, 0.717) is 13.2 Å². The summed E-state index contributed by atoms with van der Waals surface area (Å²) in [6.45, 7) is 4.98. The van der Waals surface area contributed by atoms with Crippen molar-refractivity contribution in [1.29, 1.82) is 0 Å². The van der Waals surface area contributed by atoms with E-state index < -0.39 is 0 Å². The lowest BCUT2D eigenvalue weighted by atomic mass is 10.3. The molecule has 0 bridgehead atoms. The molecule has 0 saturated carbocycles. The number of ether oxygens (including phenoxy) is 1. The monoisotopic (exact) mass is 350 g/mol. The predicted octanol–water partition coefficient (Wildman–Crippen LogP) is 2.35. The van der Waals surface area contributed by atoms with Crippen LogP contribution in [0.5, 0.6) is 0 Å². The summed E-state index contributed by atoms with van der Waals surface area (Å²) in [4.78, 5) is 12.4. The third-order valence-corrected chi connectivity index (χ3v) is 4.46. The van der Waals surface area contributed by atoms with Crippen LogP contribution in [-0.2, 0) is 17.6 Å². The molecule has 0 aliphatic carbocycles. The van der Waals surface area contributed by atoms with Gasteiger partial charge in [0.1, 0.15) is 5.76 Å². The number of rotatable bonds is 9. The molecule has 0 spiro atoms. The van der Waals surface area contributed by atoms with E-state index in [9.17, 15) is 0 Å². The molecule has 0 radical (unpaired) electrons. The van der Waals surface area contributed by atoms with Gasteiger partial charge in [0.25, 0.3) is 0 Å². The standard InChI is InChI=1S/C17H26N4O2S/c1-14-13-20-16(24-14)7-10-21(2)17(19-9-12-22-3)18-8-6-15-5-4-11-23-15/h4-5,11,13H,6-10,12H2,1-3H3,(H,18,19). The van der Waals surface area contributed by atoms with Gasteiger partial charge in [-0.25, -0.2) is 4.98 Å². The molecule has 0 amide bonds. The summed E-state index contributed by atoms with van der Waals surface area (Å²) < 4.78 is 10.5. The number of aliphatic imine (C=N–C) groups is 1. The number of nitrogens with one attached hydrogen (secondary N) is 1. The molecule has 0 aliphatic heterocycles. The zero-order chi connectivity index (χ0) is 17.2. The Morgan fingerprint density at radius 1 is 1.46 bits per heavy atom. The Bertz CT molecular complexity index is 610. The van der Waals surface area contributed by atoms with Crippen molar-refractivity contribution in [3.05, 3.63) is 40.2 Å². The predicted molar refractivity (Wildman–Crippen MR) is 97.8 cm³/mol. The van der Waals surface area contributed by atoms with Crippen molar-refractivity contribution in [1.82, 2.24) is 15.2 Å². The molecule has 0 aromatic carbocycles. The number of guanidine groups is 1. The first-order chi connectivity index (χ1) is 11.7. The minimum absolute atomic E-state index is 0.614. The molecule has 2 aromatic rings. The first kappa shape index (κ1) is 18.5. The minimum Gasteiger partial charge on any atom is -0.469 e. The average molecular weight is 350 g/mol. The number of nitrogens with zero attached hydrogens (tertiary/aromatic N) is 3. The summed E-state index contributed by atoms with van der Waals surface area (Å²) in [5.74, 6) is 1.85. The van der Waals surface area contributed by atoms with E-state index in [4.69, 9.17) is 9.15 Å². The van der Waals surface area contributed by atoms with Gasteiger partial charge in [-0.2, -0.15) is 0 Å². The average Bonchev–Trinajstić information content (AvgIpc) is 3.23. The van der Waals surface area contributed by atoms with Crippen LogP contribution in [0.1, 0.15) is 15.6 Å². The Balaban J connectivity index is 1.84. The number of hydrogen-bond acceptors (Lipinski definition) is 5. The van der Waals surface area contributed by atoms with E-state index >= 15 is 0 Å². The van der Waals surface area contributed by atoms with Crippen molar-refractivity contribution < 1.29 is 9.15 Å². The summed E-state index contributed by atoms with van der Waals surface area (Å²) in [5, 5.41) is 4.56.